The Kier molecular flexibility index (Phi) is 5.37. The van der Waals surface area contributed by atoms with E-state index in [0.717, 1.165) is 34.4 Å². The topological polar surface area (TPSA) is 104 Å². The molecule has 0 bridgehead atoms. The van der Waals surface area contributed by atoms with Crippen LogP contribution in [0.2, 0.25) is 0 Å². The first-order chi connectivity index (χ1) is 12.7. The van der Waals surface area contributed by atoms with Crippen molar-refractivity contribution >= 4 is 28.2 Å². The minimum absolute atomic E-state index is 0.0659. The Labute approximate surface area is 162 Å². The lowest BCUT2D eigenvalue weighted by molar-refractivity contribution is 0.0696. The molecular weight excluding hydrogens is 362 g/mol. The number of fused-ring (bicyclic) bond motifs is 1. The van der Waals surface area contributed by atoms with Gasteiger partial charge in [-0.15, -0.1) is 11.3 Å². The van der Waals surface area contributed by atoms with Gasteiger partial charge in [0.05, 0.1) is 5.56 Å². The number of thiophene rings is 1. The molecule has 1 aromatic carbocycles. The molecule has 7 heteroatoms. The molecule has 0 fully saturated rings. The number of nitrogens with two attached hydrogens (primary N) is 1. The van der Waals surface area contributed by atoms with Crippen molar-refractivity contribution in [2.75, 3.05) is 5.32 Å². The summed E-state index contributed by atoms with van der Waals surface area (Å²) in [4.78, 5) is 25.9. The maximum atomic E-state index is 12.9. The molecule has 0 aliphatic heterocycles. The third kappa shape index (κ3) is 4.05. The number of benzene rings is 1. The van der Waals surface area contributed by atoms with Gasteiger partial charge in [0.15, 0.2) is 0 Å². The molecule has 3 rings (SSSR count). The number of hydrazine groups is 1. The lowest BCUT2D eigenvalue weighted by Gasteiger charge is -2.29. The number of carboxylic acids is 1. The van der Waals surface area contributed by atoms with E-state index < -0.39 is 5.97 Å². The maximum Gasteiger partial charge on any atom is 0.339 e. The molecular formula is C20H25N3O3S. The first-order valence-electron chi connectivity index (χ1n) is 8.94. The number of aromatic carboxylic acids is 1. The zero-order valence-corrected chi connectivity index (χ0v) is 16.6. The summed E-state index contributed by atoms with van der Waals surface area (Å²) in [7, 11) is 0. The van der Waals surface area contributed by atoms with E-state index >= 15 is 0 Å². The molecule has 0 radical (unpaired) electrons. The van der Waals surface area contributed by atoms with E-state index in [4.69, 9.17) is 5.84 Å². The molecule has 144 valence electrons. The highest BCUT2D eigenvalue weighted by Crippen LogP contribution is 2.43. The largest absolute Gasteiger partial charge is 0.478 e. The summed E-state index contributed by atoms with van der Waals surface area (Å²) in [6.07, 6.45) is 2.57. The third-order valence-corrected chi connectivity index (χ3v) is 6.22. The summed E-state index contributed by atoms with van der Waals surface area (Å²) in [5, 5.41) is 13.0. The van der Waals surface area contributed by atoms with E-state index in [-0.39, 0.29) is 16.9 Å². The van der Waals surface area contributed by atoms with E-state index in [0.29, 0.717) is 23.5 Å². The minimum Gasteiger partial charge on any atom is -0.478 e. The summed E-state index contributed by atoms with van der Waals surface area (Å²) >= 11 is 1.38. The highest BCUT2D eigenvalue weighted by Gasteiger charge is 2.33. The lowest BCUT2D eigenvalue weighted by atomic mass is 9.76. The number of carbonyl (C=O) groups excluding carboxylic acids is 1. The first-order valence-corrected chi connectivity index (χ1v) is 9.75. The summed E-state index contributed by atoms with van der Waals surface area (Å²) in [6.45, 7) is 6.59. The highest BCUT2D eigenvalue weighted by atomic mass is 32.1. The molecule has 0 saturated carbocycles. The van der Waals surface area contributed by atoms with Crippen LogP contribution < -0.4 is 16.6 Å². The van der Waals surface area contributed by atoms with Crippen LogP contribution in [0.15, 0.2) is 18.2 Å². The standard InChI is InChI=1S/C20H25N3O3S/c1-11-4-5-13(12(8-11)10-22-21)17(24)23-18-16(19(25)26)14-9-20(2,3)7-6-15(14)27-18/h4-5,8,22H,6-7,9-10,21H2,1-3H3,(H,23,24)(H,25,26). The second-order valence-electron chi connectivity index (χ2n) is 7.85. The van der Waals surface area contributed by atoms with Crippen LogP contribution in [-0.4, -0.2) is 17.0 Å². The van der Waals surface area contributed by atoms with Crippen LogP contribution in [-0.2, 0) is 19.4 Å². The van der Waals surface area contributed by atoms with Crippen LogP contribution >= 0.6 is 11.3 Å². The molecule has 1 aromatic heterocycles. The van der Waals surface area contributed by atoms with Gasteiger partial charge in [-0.25, -0.2) is 4.79 Å². The second kappa shape index (κ2) is 7.42. The second-order valence-corrected chi connectivity index (χ2v) is 8.95. The van der Waals surface area contributed by atoms with Crippen molar-refractivity contribution in [3.05, 3.63) is 50.9 Å². The van der Waals surface area contributed by atoms with Crippen LogP contribution in [0, 0.1) is 12.3 Å². The van der Waals surface area contributed by atoms with E-state index in [1.54, 1.807) is 6.07 Å². The molecule has 1 heterocycles. The van der Waals surface area contributed by atoms with Crippen LogP contribution in [0.1, 0.15) is 62.6 Å². The van der Waals surface area contributed by atoms with Crippen molar-refractivity contribution in [1.82, 2.24) is 5.43 Å². The molecule has 2 aromatic rings. The molecule has 27 heavy (non-hydrogen) atoms. The summed E-state index contributed by atoms with van der Waals surface area (Å²) < 4.78 is 0. The molecule has 5 N–H and O–H groups in total. The highest BCUT2D eigenvalue weighted by molar-refractivity contribution is 7.17. The molecule has 1 aliphatic carbocycles. The third-order valence-electron chi connectivity index (χ3n) is 5.01. The number of aryl methyl sites for hydroxylation is 2. The van der Waals surface area contributed by atoms with E-state index in [9.17, 15) is 14.7 Å². The Morgan fingerprint density at radius 3 is 2.74 bits per heavy atom. The number of anilines is 1. The van der Waals surface area contributed by atoms with Gasteiger partial charge >= 0.3 is 5.97 Å². The predicted octanol–water partition coefficient (Wildman–Crippen LogP) is 3.49. The number of carboxylic acid groups (broad SMARTS) is 1. The molecule has 1 aliphatic rings. The van der Waals surface area contributed by atoms with Crippen LogP contribution in [0.3, 0.4) is 0 Å². The predicted molar refractivity (Wildman–Crippen MR) is 107 cm³/mol. The normalized spacial score (nSPS) is 15.3. The van der Waals surface area contributed by atoms with E-state index in [1.165, 1.54) is 11.3 Å². The van der Waals surface area contributed by atoms with Gasteiger partial charge in [0.2, 0.25) is 0 Å². The Bertz CT molecular complexity index is 902. The van der Waals surface area contributed by atoms with Crippen molar-refractivity contribution in [3.63, 3.8) is 0 Å². The zero-order chi connectivity index (χ0) is 19.8. The van der Waals surface area contributed by atoms with Gasteiger partial charge in [-0.05, 0) is 48.8 Å². The SMILES string of the molecule is Cc1ccc(C(=O)Nc2sc3c(c2C(=O)O)CC(C)(C)CC3)c(CNN)c1. The van der Waals surface area contributed by atoms with Crippen LogP contribution in [0.5, 0.6) is 0 Å². The van der Waals surface area contributed by atoms with Gasteiger partial charge < -0.3 is 10.4 Å². The van der Waals surface area contributed by atoms with Gasteiger partial charge in [-0.2, -0.15) is 0 Å². The maximum absolute atomic E-state index is 12.9. The van der Waals surface area contributed by atoms with E-state index in [2.05, 4.69) is 24.6 Å². The summed E-state index contributed by atoms with van der Waals surface area (Å²) in [5.74, 6) is 4.12. The summed E-state index contributed by atoms with van der Waals surface area (Å²) in [5.41, 5.74) is 6.03. The number of rotatable bonds is 5. The van der Waals surface area contributed by atoms with Gasteiger partial charge in [-0.3, -0.25) is 16.1 Å². The Morgan fingerprint density at radius 1 is 1.33 bits per heavy atom. The Hall–Kier alpha value is -2.22. The zero-order valence-electron chi connectivity index (χ0n) is 15.8. The van der Waals surface area contributed by atoms with Crippen LogP contribution in [0.25, 0.3) is 0 Å². The van der Waals surface area contributed by atoms with Crippen LogP contribution in [0.4, 0.5) is 5.00 Å². The average Bonchev–Trinajstić information content (AvgIpc) is 2.91. The van der Waals surface area contributed by atoms with Gasteiger partial charge in [0.1, 0.15) is 5.00 Å². The number of carbonyl (C=O) groups is 2. The Morgan fingerprint density at radius 2 is 2.07 bits per heavy atom. The summed E-state index contributed by atoms with van der Waals surface area (Å²) in [6, 6.07) is 5.50. The molecule has 0 spiro atoms. The van der Waals surface area contributed by atoms with E-state index in [1.807, 2.05) is 19.1 Å². The first kappa shape index (κ1) is 19.5. The fraction of sp³-hybridized carbons (Fsp3) is 0.400. The molecule has 6 nitrogen and oxygen atoms in total. The molecule has 1 amide bonds. The molecule has 0 unspecified atom stereocenters. The van der Waals surface area contributed by atoms with Crippen molar-refractivity contribution in [1.29, 1.82) is 0 Å². The average molecular weight is 388 g/mol. The molecule has 0 atom stereocenters. The number of amides is 1. The monoisotopic (exact) mass is 387 g/mol. The fourth-order valence-electron chi connectivity index (χ4n) is 3.60. The lowest BCUT2D eigenvalue weighted by Crippen LogP contribution is -2.24. The van der Waals surface area contributed by atoms with Crippen molar-refractivity contribution in [2.45, 2.75) is 46.6 Å². The van der Waals surface area contributed by atoms with Crippen molar-refractivity contribution < 1.29 is 14.7 Å². The fourth-order valence-corrected chi connectivity index (χ4v) is 4.81. The van der Waals surface area contributed by atoms with Crippen molar-refractivity contribution in [2.24, 2.45) is 11.3 Å². The number of hydrogen-bond donors (Lipinski definition) is 4. The molecule has 0 saturated heterocycles. The quantitative estimate of drug-likeness (QED) is 0.464. The van der Waals surface area contributed by atoms with Gasteiger partial charge in [0, 0.05) is 17.0 Å². The number of nitrogens with one attached hydrogen (secondary N) is 2. The van der Waals surface area contributed by atoms with Gasteiger partial charge in [-0.1, -0.05) is 31.5 Å². The van der Waals surface area contributed by atoms with Crippen molar-refractivity contribution in [3.8, 4) is 0 Å². The Balaban J connectivity index is 1.96. The minimum atomic E-state index is -0.992. The smallest absolute Gasteiger partial charge is 0.339 e. The van der Waals surface area contributed by atoms with Gasteiger partial charge in [0.25, 0.3) is 5.91 Å². The number of hydrogen-bond acceptors (Lipinski definition) is 5.